The summed E-state index contributed by atoms with van der Waals surface area (Å²) < 4.78 is 55.4. The first kappa shape index (κ1) is 119. The van der Waals surface area contributed by atoms with Crippen molar-refractivity contribution >= 4 is 92.9 Å². The molecule has 1 N–H and O–H groups in total. The summed E-state index contributed by atoms with van der Waals surface area (Å²) in [4.78, 5) is 36.4. The van der Waals surface area contributed by atoms with Crippen molar-refractivity contribution in [2.24, 2.45) is 40.0 Å². The molecule has 20 nitrogen and oxygen atoms in total. The molecule has 1 fully saturated rings. The molecular formula is C126H167F3N18O2S. The number of pyridine rings is 3. The molecule has 0 radical (unpaired) electrons. The van der Waals surface area contributed by atoms with Crippen LogP contribution >= 0.6 is 11.3 Å². The van der Waals surface area contributed by atoms with E-state index in [1.165, 1.54) is 126 Å². The average molecular weight is 2050 g/mol. The molecule has 1 aliphatic carbocycles. The molecule has 10 aromatic heterocycles. The molecule has 0 atom stereocenters. The topological polar surface area (TPSA) is 194 Å². The number of aromatic nitrogens is 16. The predicted molar refractivity (Wildman–Crippen MR) is 626 cm³/mol. The first-order chi connectivity index (χ1) is 71.1. The lowest BCUT2D eigenvalue weighted by Gasteiger charge is -2.28. The molecule has 800 valence electrons. The van der Waals surface area contributed by atoms with Gasteiger partial charge in [-0.15, -0.1) is 24.5 Å². The van der Waals surface area contributed by atoms with Crippen LogP contribution in [0.2, 0.25) is 0 Å². The van der Waals surface area contributed by atoms with Crippen LogP contribution in [-0.2, 0) is 41.0 Å². The summed E-state index contributed by atoms with van der Waals surface area (Å²) in [5, 5.41) is 24.8. The van der Waals surface area contributed by atoms with Crippen LogP contribution in [0, 0.1) is 25.7 Å². The van der Waals surface area contributed by atoms with Gasteiger partial charge in [-0.1, -0.05) is 238 Å². The highest BCUT2D eigenvalue weighted by Gasteiger charge is 2.35. The average Bonchev–Trinajstić information content (AvgIpc) is 1.62. The maximum absolute atomic E-state index is 12.9. The molecule has 0 saturated heterocycles. The van der Waals surface area contributed by atoms with Crippen molar-refractivity contribution in [2.45, 2.75) is 277 Å². The minimum atomic E-state index is -4.42. The van der Waals surface area contributed by atoms with E-state index >= 15 is 0 Å². The number of fused-ring (bicyclic) bond motifs is 8. The molecule has 0 unspecified atom stereocenters. The number of anilines is 1. The van der Waals surface area contributed by atoms with Gasteiger partial charge in [0.2, 0.25) is 5.56 Å². The summed E-state index contributed by atoms with van der Waals surface area (Å²) >= 11 is 1.71. The Labute approximate surface area is 894 Å². The molecule has 18 aromatic rings. The fourth-order valence-electron chi connectivity index (χ4n) is 16.7. The molecule has 0 spiro atoms. The van der Waals surface area contributed by atoms with E-state index in [4.69, 9.17) is 4.74 Å². The van der Waals surface area contributed by atoms with Gasteiger partial charge in [-0.3, -0.25) is 33.9 Å². The number of rotatable bonds is 14. The second-order valence-corrected chi connectivity index (χ2v) is 44.3. The van der Waals surface area contributed by atoms with Crippen LogP contribution in [0.15, 0.2) is 260 Å². The first-order valence-corrected chi connectivity index (χ1v) is 54.4. The van der Waals surface area contributed by atoms with Crippen LogP contribution < -0.4 is 15.2 Å². The number of halogens is 3. The lowest BCUT2D eigenvalue weighted by Crippen LogP contribution is -2.28. The van der Waals surface area contributed by atoms with E-state index in [-0.39, 0.29) is 22.8 Å². The quantitative estimate of drug-likeness (QED) is 0.101. The maximum Gasteiger partial charge on any atom is 0.490 e. The van der Waals surface area contributed by atoms with Gasteiger partial charge in [-0.25, -0.2) is 19.5 Å². The molecule has 0 amide bonds. The van der Waals surface area contributed by atoms with E-state index in [0.29, 0.717) is 69.3 Å². The minimum Gasteiger partial charge on any atom is -0.490 e. The number of ether oxygens (including phenoxy) is 1. The molecule has 12 heterocycles. The number of H-pyrrole nitrogens is 1. The van der Waals surface area contributed by atoms with Crippen LogP contribution in [0.4, 0.5) is 18.9 Å². The third kappa shape index (κ3) is 35.5. The number of nitrogens with zero attached hydrogens (tertiary/aromatic N) is 17. The van der Waals surface area contributed by atoms with Gasteiger partial charge in [0.15, 0.2) is 0 Å². The molecule has 24 heteroatoms. The normalized spacial score (nSPS) is 12.8. The lowest BCUT2D eigenvalue weighted by atomic mass is 9.97. The SMILES string of the molecule is CC(C)C1=CCN(C)CC1.CC(C)c1ccc(=O)n(C)c1.CC(C)c1ccc2c(c1)N(C)CCO2.CC(C)c1ccc2ncccc2c1.CC(C)c1ccc2ncsc2c1.CC(C)c1ccc2nn(C)cc2c1.CC(C)c1ccc2nn(C)cc2c1.CC(C)c1ccc2nn(CC3CC3)cc2c1.CC(C)c1ccncc1.CC(C)c1cn[nH]c1.Cc1nc2ccc(C(C)C)cc2n1C.Cc1nc2ccc(C(C)C)cc2n1C(F)(F)F. The van der Waals surface area contributed by atoms with Gasteiger partial charge in [0.1, 0.15) is 24.0 Å². The van der Waals surface area contributed by atoms with Crippen LogP contribution in [0.3, 0.4) is 0 Å². The number of aryl methyl sites for hydroxylation is 6. The number of alkyl halides is 3. The minimum absolute atomic E-state index is 0.0339. The van der Waals surface area contributed by atoms with Crippen LogP contribution in [0.25, 0.3) is 75.9 Å². The standard InChI is InChI=1S/C14H18N2.C12H13F3N2.C12H16N2.C12H17NO.C12H13N.2C11H14N2.C10H11NS.C9H13NO.C9H17N.C8H11N.C6H10N2/c1-10(2)12-5-6-14-13(7-12)9-16(15-14)8-11-3-4-11;1-7(2)9-4-5-10-11(6-9)17(8(3)16-10)12(13,14)15;1-8(2)10-5-6-11-12(7-10)14(4)9(3)13-11;1-9(2)10-4-5-12-11(8-10)13(3)6-7-14-12;1-9(2)10-5-6-12-11(8-10)4-3-7-13-12;2*1-8(2)9-4-5-11-10(6-9)7-13(3)12-11;1-7(2)8-3-4-9-10(5-8)12-6-11-9;1-7(2)8-4-5-9(11)10(3)6-8;1-8(2)9-4-6-10(3)7-5-9;1-7(2)8-3-5-9-6-4-8;1-5(2)6-3-7-8-4-6/h5-7,9-11H,3-4,8H2,1-2H3;4-7H,1-3H3;5-8H,1-4H3;4-5,8-9H,6-7H2,1-3H3;3-9H,1-2H3;2*4-8H,1-3H3;3-7H,1-2H3;4-7H,1-3H3;4,8H,5-7H2,1-3H3;3-7H,1-2H3;3-5H,1-2H3,(H,7,8). The summed E-state index contributed by atoms with van der Waals surface area (Å²) in [6, 6.07) is 62.1. The molecular weight excluding hydrogens is 1890 g/mol. The highest BCUT2D eigenvalue weighted by atomic mass is 32.1. The zero-order valence-electron chi connectivity index (χ0n) is 95.3. The number of hydrogen-bond acceptors (Lipinski definition) is 14. The van der Waals surface area contributed by atoms with Crippen molar-refractivity contribution < 1.29 is 17.9 Å². The maximum atomic E-state index is 12.9. The highest BCUT2D eigenvalue weighted by molar-refractivity contribution is 7.16. The highest BCUT2D eigenvalue weighted by Crippen LogP contribution is 2.37. The van der Waals surface area contributed by atoms with Crippen molar-refractivity contribution in [3.05, 3.63) is 338 Å². The Hall–Kier alpha value is -13.2. The fraction of sp³-hybridized carbons (Fsp3) is 0.429. The van der Waals surface area contributed by atoms with Crippen LogP contribution in [0.5, 0.6) is 5.75 Å². The lowest BCUT2D eigenvalue weighted by molar-refractivity contribution is -0.202. The summed E-state index contributed by atoms with van der Waals surface area (Å²) in [7, 11) is 12.0. The van der Waals surface area contributed by atoms with E-state index in [1.807, 2.05) is 117 Å². The van der Waals surface area contributed by atoms with Crippen molar-refractivity contribution in [1.29, 1.82) is 0 Å². The molecule has 8 aromatic carbocycles. The van der Waals surface area contributed by atoms with Gasteiger partial charge in [-0.2, -0.15) is 20.4 Å². The summed E-state index contributed by atoms with van der Waals surface area (Å²) in [6.45, 7) is 60.9. The van der Waals surface area contributed by atoms with Crippen LogP contribution in [-0.4, -0.2) is 123 Å². The molecule has 2 aliphatic heterocycles. The summed E-state index contributed by atoms with van der Waals surface area (Å²) in [6.07, 6.45) is 19.4. The van der Waals surface area contributed by atoms with Gasteiger partial charge < -0.3 is 23.7 Å². The molecule has 0 bridgehead atoms. The number of imidazole rings is 2. The number of hydrogen-bond donors (Lipinski definition) is 1. The zero-order chi connectivity index (χ0) is 110. The summed E-state index contributed by atoms with van der Waals surface area (Å²) in [5.74, 6) is 9.71. The monoisotopic (exact) mass is 2050 g/mol. The van der Waals surface area contributed by atoms with Crippen molar-refractivity contribution in [3.8, 4) is 5.75 Å². The smallest absolute Gasteiger partial charge is 0.490 e. The number of nitrogens with one attached hydrogen (secondary N) is 1. The van der Waals surface area contributed by atoms with E-state index in [9.17, 15) is 18.0 Å². The zero-order valence-corrected chi connectivity index (χ0v) is 96.1. The Morgan fingerprint density at radius 2 is 0.867 bits per heavy atom. The fourth-order valence-corrected chi connectivity index (χ4v) is 17.5. The third-order valence-electron chi connectivity index (χ3n) is 27.1. The third-order valence-corrected chi connectivity index (χ3v) is 27.9. The second-order valence-electron chi connectivity index (χ2n) is 43.4. The van der Waals surface area contributed by atoms with Gasteiger partial charge in [0.05, 0.1) is 78.3 Å². The summed E-state index contributed by atoms with van der Waals surface area (Å²) in [5.41, 5.74) is 27.5. The van der Waals surface area contributed by atoms with Gasteiger partial charge in [0.25, 0.3) is 0 Å². The van der Waals surface area contributed by atoms with Gasteiger partial charge in [-0.05, 0) is 294 Å². The van der Waals surface area contributed by atoms with Crippen LogP contribution in [0.1, 0.15) is 323 Å². The Morgan fingerprint density at radius 1 is 0.420 bits per heavy atom. The second kappa shape index (κ2) is 56.1. The van der Waals surface area contributed by atoms with E-state index in [2.05, 4.69) is 401 Å². The number of thiazole rings is 1. The molecule has 150 heavy (non-hydrogen) atoms. The van der Waals surface area contributed by atoms with Crippen molar-refractivity contribution in [1.82, 2.24) is 83.1 Å². The predicted octanol–water partition coefficient (Wildman–Crippen LogP) is 32.5. The molecule has 21 rings (SSSR count). The number of benzene rings is 8. The Balaban J connectivity index is 0.000000168. The Bertz CT molecular complexity index is 7230. The van der Waals surface area contributed by atoms with E-state index in [1.54, 1.807) is 46.7 Å². The van der Waals surface area contributed by atoms with Crippen molar-refractivity contribution in [2.75, 3.05) is 45.2 Å². The number of likely N-dealkylation sites (N-methyl/N-ethyl adjacent to an activating group) is 2. The largest absolute Gasteiger partial charge is 0.490 e. The first-order valence-electron chi connectivity index (χ1n) is 53.5. The van der Waals surface area contributed by atoms with E-state index in [0.717, 1.165) is 88.3 Å². The molecule has 3 aliphatic rings. The van der Waals surface area contributed by atoms with E-state index < -0.39 is 6.30 Å². The Kier molecular flexibility index (Phi) is 44.4. The Morgan fingerprint density at radius 3 is 1.33 bits per heavy atom. The number of aromatic amines is 1. The van der Waals surface area contributed by atoms with Gasteiger partial charge in [0, 0.05) is 132 Å². The van der Waals surface area contributed by atoms with Gasteiger partial charge >= 0.3 is 6.30 Å². The molecule has 1 saturated carbocycles. The van der Waals surface area contributed by atoms with Crippen molar-refractivity contribution in [3.63, 3.8) is 0 Å².